The first-order valence-electron chi connectivity index (χ1n) is 7.83. The SMILES string of the molecule is COc1ccc(Nc2ncnc(Nc3ccc(F)c(Cl)c3)c2N)c(OC)c1. The second-order valence-electron chi connectivity index (χ2n) is 5.43. The molecule has 3 aromatic rings. The van der Waals surface area contributed by atoms with E-state index in [2.05, 4.69) is 20.6 Å². The van der Waals surface area contributed by atoms with E-state index in [1.54, 1.807) is 32.4 Å². The molecule has 0 radical (unpaired) electrons. The topological polar surface area (TPSA) is 94.3 Å². The highest BCUT2D eigenvalue weighted by Gasteiger charge is 2.12. The molecular weight excluding hydrogens is 373 g/mol. The lowest BCUT2D eigenvalue weighted by Gasteiger charge is -2.15. The molecule has 0 aliphatic heterocycles. The van der Waals surface area contributed by atoms with Gasteiger partial charge in [-0.05, 0) is 30.3 Å². The molecule has 1 heterocycles. The lowest BCUT2D eigenvalue weighted by atomic mass is 10.2. The second-order valence-corrected chi connectivity index (χ2v) is 5.84. The Morgan fingerprint density at radius 3 is 2.41 bits per heavy atom. The Hall–Kier alpha value is -3.26. The molecule has 0 amide bonds. The van der Waals surface area contributed by atoms with Crippen LogP contribution in [0.3, 0.4) is 0 Å². The molecule has 0 aliphatic rings. The largest absolute Gasteiger partial charge is 0.497 e. The third kappa shape index (κ3) is 4.12. The molecule has 0 atom stereocenters. The standard InChI is InChI=1S/C18H17ClFN5O2/c1-26-11-4-6-14(15(8-11)27-2)25-18-16(21)17(22-9-23-18)24-10-3-5-13(20)12(19)7-10/h3-9H,21H2,1-2H3,(H2,22,23,24,25). The average Bonchev–Trinajstić information content (AvgIpc) is 2.68. The van der Waals surface area contributed by atoms with Crippen LogP contribution in [-0.4, -0.2) is 24.2 Å². The van der Waals surface area contributed by atoms with Gasteiger partial charge in [0.15, 0.2) is 11.6 Å². The first-order chi connectivity index (χ1) is 13.0. The van der Waals surface area contributed by atoms with Crippen LogP contribution >= 0.6 is 11.6 Å². The van der Waals surface area contributed by atoms with Gasteiger partial charge in [0.25, 0.3) is 0 Å². The molecule has 2 aromatic carbocycles. The fraction of sp³-hybridized carbons (Fsp3) is 0.111. The van der Waals surface area contributed by atoms with Crippen LogP contribution in [0.5, 0.6) is 11.5 Å². The van der Waals surface area contributed by atoms with Gasteiger partial charge in [0.05, 0.1) is 24.9 Å². The summed E-state index contributed by atoms with van der Waals surface area (Å²) in [5.74, 6) is 1.44. The quantitative estimate of drug-likeness (QED) is 0.576. The van der Waals surface area contributed by atoms with Crippen molar-refractivity contribution in [3.8, 4) is 11.5 Å². The highest BCUT2D eigenvalue weighted by atomic mass is 35.5. The number of rotatable bonds is 6. The maximum Gasteiger partial charge on any atom is 0.159 e. The molecule has 0 saturated heterocycles. The minimum Gasteiger partial charge on any atom is -0.497 e. The molecule has 0 fully saturated rings. The monoisotopic (exact) mass is 389 g/mol. The number of ether oxygens (including phenoxy) is 2. The number of anilines is 5. The molecule has 140 valence electrons. The van der Waals surface area contributed by atoms with E-state index in [0.29, 0.717) is 34.5 Å². The van der Waals surface area contributed by atoms with E-state index in [-0.39, 0.29) is 10.7 Å². The van der Waals surface area contributed by atoms with Gasteiger partial charge in [-0.1, -0.05) is 11.6 Å². The maximum atomic E-state index is 13.3. The Balaban J connectivity index is 1.88. The van der Waals surface area contributed by atoms with E-state index < -0.39 is 5.82 Å². The van der Waals surface area contributed by atoms with Crippen LogP contribution in [0, 0.1) is 5.82 Å². The molecule has 0 saturated carbocycles. The number of nitrogens with one attached hydrogen (secondary N) is 2. The minimum atomic E-state index is -0.508. The van der Waals surface area contributed by atoms with Crippen LogP contribution in [-0.2, 0) is 0 Å². The van der Waals surface area contributed by atoms with Gasteiger partial charge in [-0.15, -0.1) is 0 Å². The number of methoxy groups -OCH3 is 2. The summed E-state index contributed by atoms with van der Waals surface area (Å²) >= 11 is 5.80. The second kappa shape index (κ2) is 7.96. The molecule has 4 N–H and O–H groups in total. The molecule has 7 nitrogen and oxygen atoms in total. The molecule has 0 spiro atoms. The number of aromatic nitrogens is 2. The lowest BCUT2D eigenvalue weighted by Crippen LogP contribution is -2.06. The zero-order valence-corrected chi connectivity index (χ0v) is 15.3. The van der Waals surface area contributed by atoms with Gasteiger partial charge >= 0.3 is 0 Å². The fourth-order valence-corrected chi connectivity index (χ4v) is 2.52. The van der Waals surface area contributed by atoms with Crippen molar-refractivity contribution in [3.63, 3.8) is 0 Å². The van der Waals surface area contributed by atoms with Gasteiger partial charge in [0, 0.05) is 11.8 Å². The lowest BCUT2D eigenvalue weighted by molar-refractivity contribution is 0.395. The number of nitrogen functional groups attached to an aromatic ring is 1. The van der Waals surface area contributed by atoms with Crippen LogP contribution in [0.1, 0.15) is 0 Å². The summed E-state index contributed by atoms with van der Waals surface area (Å²) in [5.41, 5.74) is 7.64. The van der Waals surface area contributed by atoms with Crippen LogP contribution < -0.4 is 25.8 Å². The van der Waals surface area contributed by atoms with Gasteiger partial charge in [0.1, 0.15) is 29.3 Å². The molecule has 27 heavy (non-hydrogen) atoms. The summed E-state index contributed by atoms with van der Waals surface area (Å²) in [6.45, 7) is 0. The van der Waals surface area contributed by atoms with Crippen molar-refractivity contribution >= 4 is 40.3 Å². The van der Waals surface area contributed by atoms with Crippen molar-refractivity contribution in [2.24, 2.45) is 0 Å². The molecule has 0 unspecified atom stereocenters. The zero-order chi connectivity index (χ0) is 19.4. The highest BCUT2D eigenvalue weighted by molar-refractivity contribution is 6.31. The van der Waals surface area contributed by atoms with Gasteiger partial charge in [-0.2, -0.15) is 0 Å². The number of nitrogens with two attached hydrogens (primary N) is 1. The highest BCUT2D eigenvalue weighted by Crippen LogP contribution is 2.34. The third-order valence-electron chi connectivity index (χ3n) is 3.73. The van der Waals surface area contributed by atoms with Gasteiger partial charge in [-0.3, -0.25) is 0 Å². The van der Waals surface area contributed by atoms with Crippen molar-refractivity contribution in [2.45, 2.75) is 0 Å². The first kappa shape index (κ1) is 18.5. The summed E-state index contributed by atoms with van der Waals surface area (Å²) in [6.07, 6.45) is 1.35. The molecule has 1 aromatic heterocycles. The fourth-order valence-electron chi connectivity index (χ4n) is 2.33. The smallest absolute Gasteiger partial charge is 0.159 e. The summed E-state index contributed by atoms with van der Waals surface area (Å²) in [7, 11) is 3.12. The number of hydrogen-bond acceptors (Lipinski definition) is 7. The predicted octanol–water partition coefficient (Wildman–Crippen LogP) is 4.36. The summed E-state index contributed by atoms with van der Waals surface area (Å²) in [4.78, 5) is 8.29. The molecular formula is C18H17ClFN5O2. The number of nitrogens with zero attached hydrogens (tertiary/aromatic N) is 2. The van der Waals surface area contributed by atoms with E-state index in [1.165, 1.54) is 24.5 Å². The van der Waals surface area contributed by atoms with Gasteiger partial charge in [0.2, 0.25) is 0 Å². The van der Waals surface area contributed by atoms with Crippen molar-refractivity contribution in [2.75, 3.05) is 30.6 Å². The molecule has 0 aliphatic carbocycles. The van der Waals surface area contributed by atoms with E-state index in [1.807, 2.05) is 0 Å². The number of hydrogen-bond donors (Lipinski definition) is 3. The minimum absolute atomic E-state index is 0.00561. The van der Waals surface area contributed by atoms with Crippen molar-refractivity contribution < 1.29 is 13.9 Å². The molecule has 9 heteroatoms. The van der Waals surface area contributed by atoms with E-state index in [4.69, 9.17) is 26.8 Å². The van der Waals surface area contributed by atoms with Gasteiger partial charge in [-0.25, -0.2) is 14.4 Å². The number of halogens is 2. The molecule has 3 rings (SSSR count). The number of benzene rings is 2. The van der Waals surface area contributed by atoms with Crippen LogP contribution in [0.25, 0.3) is 0 Å². The first-order valence-corrected chi connectivity index (χ1v) is 8.21. The Morgan fingerprint density at radius 1 is 1.00 bits per heavy atom. The summed E-state index contributed by atoms with van der Waals surface area (Å²) in [6, 6.07) is 9.52. The third-order valence-corrected chi connectivity index (χ3v) is 4.02. The predicted molar refractivity (Wildman–Crippen MR) is 104 cm³/mol. The van der Waals surface area contributed by atoms with Gasteiger partial charge < -0.3 is 25.8 Å². The van der Waals surface area contributed by atoms with Crippen LogP contribution in [0.4, 0.5) is 33.1 Å². The van der Waals surface area contributed by atoms with Crippen molar-refractivity contribution in [3.05, 3.63) is 53.6 Å². The maximum absolute atomic E-state index is 13.3. The van der Waals surface area contributed by atoms with Crippen molar-refractivity contribution in [1.82, 2.24) is 9.97 Å². The normalized spacial score (nSPS) is 10.4. The van der Waals surface area contributed by atoms with Crippen LogP contribution in [0.15, 0.2) is 42.7 Å². The average molecular weight is 390 g/mol. The summed E-state index contributed by atoms with van der Waals surface area (Å²) < 4.78 is 23.8. The Bertz CT molecular complexity index is 970. The zero-order valence-electron chi connectivity index (χ0n) is 14.6. The van der Waals surface area contributed by atoms with E-state index in [0.717, 1.165) is 0 Å². The van der Waals surface area contributed by atoms with E-state index >= 15 is 0 Å². The summed E-state index contributed by atoms with van der Waals surface area (Å²) in [5, 5.41) is 6.10. The Kier molecular flexibility index (Phi) is 5.46. The van der Waals surface area contributed by atoms with Crippen LogP contribution in [0.2, 0.25) is 5.02 Å². The van der Waals surface area contributed by atoms with Crippen molar-refractivity contribution in [1.29, 1.82) is 0 Å². The molecule has 0 bridgehead atoms. The van der Waals surface area contributed by atoms with E-state index in [9.17, 15) is 4.39 Å². The Labute approximate surface area is 160 Å². The Morgan fingerprint density at radius 2 is 1.74 bits per heavy atom.